The van der Waals surface area contributed by atoms with E-state index in [9.17, 15) is 18.0 Å². The fourth-order valence-corrected chi connectivity index (χ4v) is 3.27. The first kappa shape index (κ1) is 18.4. The van der Waals surface area contributed by atoms with Gasteiger partial charge in [0, 0.05) is 44.5 Å². The van der Waals surface area contributed by atoms with Crippen LogP contribution in [-0.2, 0) is 14.6 Å². The number of nitrogens with zero attached hydrogens (tertiary/aromatic N) is 2. The fraction of sp³-hybridized carbons (Fsp3) is 0.500. The van der Waals surface area contributed by atoms with Gasteiger partial charge in [0.1, 0.15) is 0 Å². The lowest BCUT2D eigenvalue weighted by Gasteiger charge is -2.34. The molecule has 1 aliphatic rings. The van der Waals surface area contributed by atoms with Crippen LogP contribution in [0.2, 0.25) is 0 Å². The topological polar surface area (TPSA) is 86.8 Å². The van der Waals surface area contributed by atoms with Gasteiger partial charge in [0.05, 0.1) is 11.4 Å². The minimum atomic E-state index is -3.34. The molecular formula is C16H23N3O4S. The molecule has 1 aromatic rings. The van der Waals surface area contributed by atoms with E-state index in [2.05, 4.69) is 5.32 Å². The van der Waals surface area contributed by atoms with Gasteiger partial charge in [0.2, 0.25) is 5.91 Å². The SMILES string of the molecule is CCNC(=O)CN1CCN(C(=O)c2cccc(S(C)(=O)=O)c2)CC1. The first-order valence-electron chi connectivity index (χ1n) is 7.89. The molecule has 2 rings (SSSR count). The predicted octanol–water partition coefficient (Wildman–Crippen LogP) is -0.0160. The molecule has 2 amide bonds. The molecule has 0 atom stereocenters. The highest BCUT2D eigenvalue weighted by Gasteiger charge is 2.23. The molecule has 1 aliphatic heterocycles. The van der Waals surface area contributed by atoms with Crippen LogP contribution in [0.3, 0.4) is 0 Å². The van der Waals surface area contributed by atoms with Gasteiger partial charge in [-0.05, 0) is 25.1 Å². The number of likely N-dealkylation sites (N-methyl/N-ethyl adjacent to an activating group) is 1. The van der Waals surface area contributed by atoms with Crippen LogP contribution in [0.15, 0.2) is 29.2 Å². The first-order valence-corrected chi connectivity index (χ1v) is 9.79. The van der Waals surface area contributed by atoms with E-state index in [1.165, 1.54) is 12.1 Å². The molecule has 0 aliphatic carbocycles. The zero-order chi connectivity index (χ0) is 17.7. The molecule has 1 saturated heterocycles. The molecular weight excluding hydrogens is 330 g/mol. The van der Waals surface area contributed by atoms with Crippen molar-refractivity contribution in [3.63, 3.8) is 0 Å². The van der Waals surface area contributed by atoms with Crippen LogP contribution in [0.25, 0.3) is 0 Å². The molecule has 132 valence electrons. The van der Waals surface area contributed by atoms with Crippen LogP contribution in [0.4, 0.5) is 0 Å². The minimum Gasteiger partial charge on any atom is -0.355 e. The molecule has 1 fully saturated rings. The summed E-state index contributed by atoms with van der Waals surface area (Å²) in [6.07, 6.45) is 1.12. The van der Waals surface area contributed by atoms with Gasteiger partial charge in [-0.1, -0.05) is 6.07 Å². The molecule has 7 nitrogen and oxygen atoms in total. The van der Waals surface area contributed by atoms with Gasteiger partial charge in [0.15, 0.2) is 9.84 Å². The van der Waals surface area contributed by atoms with Crippen molar-refractivity contribution in [2.24, 2.45) is 0 Å². The van der Waals surface area contributed by atoms with E-state index in [0.717, 1.165) is 6.26 Å². The van der Waals surface area contributed by atoms with Gasteiger partial charge in [-0.15, -0.1) is 0 Å². The van der Waals surface area contributed by atoms with Crippen LogP contribution in [-0.4, -0.2) is 75.6 Å². The number of sulfone groups is 1. The molecule has 0 unspecified atom stereocenters. The van der Waals surface area contributed by atoms with Crippen LogP contribution >= 0.6 is 0 Å². The Hall–Kier alpha value is -1.93. The molecule has 0 bridgehead atoms. The maximum Gasteiger partial charge on any atom is 0.253 e. The summed E-state index contributed by atoms with van der Waals surface area (Å²) in [5.74, 6) is -0.198. The first-order chi connectivity index (χ1) is 11.3. The van der Waals surface area contributed by atoms with Crippen molar-refractivity contribution >= 4 is 21.7 Å². The number of carbonyl (C=O) groups excluding carboxylic acids is 2. The average molecular weight is 353 g/mol. The number of amides is 2. The van der Waals surface area contributed by atoms with E-state index in [4.69, 9.17) is 0 Å². The van der Waals surface area contributed by atoms with Crippen LogP contribution in [0.1, 0.15) is 17.3 Å². The van der Waals surface area contributed by atoms with Crippen LogP contribution in [0.5, 0.6) is 0 Å². The average Bonchev–Trinajstić information content (AvgIpc) is 2.54. The van der Waals surface area contributed by atoms with Crippen molar-refractivity contribution in [2.75, 3.05) is 45.5 Å². The fourth-order valence-electron chi connectivity index (χ4n) is 2.61. The Bertz CT molecular complexity index is 710. The van der Waals surface area contributed by atoms with Gasteiger partial charge >= 0.3 is 0 Å². The summed E-state index contributed by atoms with van der Waals surface area (Å²) in [5, 5.41) is 2.75. The quantitative estimate of drug-likeness (QED) is 0.804. The zero-order valence-electron chi connectivity index (χ0n) is 14.0. The maximum absolute atomic E-state index is 12.5. The summed E-state index contributed by atoms with van der Waals surface area (Å²) < 4.78 is 23.2. The Labute approximate surface area is 142 Å². The van der Waals surface area contributed by atoms with Crippen molar-refractivity contribution in [1.82, 2.24) is 15.1 Å². The summed E-state index contributed by atoms with van der Waals surface area (Å²) in [6, 6.07) is 6.10. The molecule has 8 heteroatoms. The van der Waals surface area contributed by atoms with Gasteiger partial charge in [-0.25, -0.2) is 8.42 Å². The third kappa shape index (κ3) is 4.78. The molecule has 0 saturated carbocycles. The zero-order valence-corrected chi connectivity index (χ0v) is 14.8. The summed E-state index contributed by atoms with van der Waals surface area (Å²) in [5.41, 5.74) is 0.370. The molecule has 1 heterocycles. The maximum atomic E-state index is 12.5. The van der Waals surface area contributed by atoms with Gasteiger partial charge in [-0.2, -0.15) is 0 Å². The highest BCUT2D eigenvalue weighted by Crippen LogP contribution is 2.14. The largest absolute Gasteiger partial charge is 0.355 e. The van der Waals surface area contributed by atoms with Crippen LogP contribution < -0.4 is 5.32 Å². The number of carbonyl (C=O) groups is 2. The second-order valence-electron chi connectivity index (χ2n) is 5.82. The second-order valence-corrected chi connectivity index (χ2v) is 7.84. The highest BCUT2D eigenvalue weighted by molar-refractivity contribution is 7.90. The third-order valence-corrected chi connectivity index (χ3v) is 5.02. The Morgan fingerprint density at radius 3 is 2.42 bits per heavy atom. The molecule has 0 radical (unpaired) electrons. The van der Waals surface area contributed by atoms with Crippen LogP contribution in [0, 0.1) is 0 Å². The molecule has 24 heavy (non-hydrogen) atoms. The lowest BCUT2D eigenvalue weighted by atomic mass is 10.2. The van der Waals surface area contributed by atoms with Crippen molar-refractivity contribution in [2.45, 2.75) is 11.8 Å². The second kappa shape index (κ2) is 7.76. The van der Waals surface area contributed by atoms with Gasteiger partial charge < -0.3 is 10.2 Å². The van der Waals surface area contributed by atoms with E-state index >= 15 is 0 Å². The predicted molar refractivity (Wildman–Crippen MR) is 90.6 cm³/mol. The summed E-state index contributed by atoms with van der Waals surface area (Å²) in [7, 11) is -3.34. The van der Waals surface area contributed by atoms with Gasteiger partial charge in [0.25, 0.3) is 5.91 Å². The highest BCUT2D eigenvalue weighted by atomic mass is 32.2. The third-order valence-electron chi connectivity index (χ3n) is 3.91. The molecule has 1 N–H and O–H groups in total. The van der Waals surface area contributed by atoms with Crippen molar-refractivity contribution in [3.05, 3.63) is 29.8 Å². The standard InChI is InChI=1S/C16H23N3O4S/c1-3-17-15(20)12-18-7-9-19(10-8-18)16(21)13-5-4-6-14(11-13)24(2,22)23/h4-6,11H,3,7-10,12H2,1-2H3,(H,17,20). The van der Waals surface area contributed by atoms with Crippen molar-refractivity contribution < 1.29 is 18.0 Å². The van der Waals surface area contributed by atoms with E-state index < -0.39 is 9.84 Å². The van der Waals surface area contributed by atoms with E-state index in [0.29, 0.717) is 44.8 Å². The van der Waals surface area contributed by atoms with E-state index in [-0.39, 0.29) is 16.7 Å². The summed E-state index contributed by atoms with van der Waals surface area (Å²) >= 11 is 0. The Balaban J connectivity index is 1.97. The number of nitrogens with one attached hydrogen (secondary N) is 1. The summed E-state index contributed by atoms with van der Waals surface area (Å²) in [4.78, 5) is 28.0. The van der Waals surface area contributed by atoms with Crippen molar-refractivity contribution in [3.8, 4) is 0 Å². The number of piperazine rings is 1. The molecule has 0 aromatic heterocycles. The molecule has 1 aromatic carbocycles. The Kier molecular flexibility index (Phi) is 5.95. The smallest absolute Gasteiger partial charge is 0.253 e. The van der Waals surface area contributed by atoms with Gasteiger partial charge in [-0.3, -0.25) is 14.5 Å². The van der Waals surface area contributed by atoms with E-state index in [1.54, 1.807) is 17.0 Å². The minimum absolute atomic E-state index is 0.0156. The number of hydrogen-bond donors (Lipinski definition) is 1. The van der Waals surface area contributed by atoms with E-state index in [1.807, 2.05) is 11.8 Å². The Morgan fingerprint density at radius 2 is 1.83 bits per heavy atom. The molecule has 0 spiro atoms. The lowest BCUT2D eigenvalue weighted by molar-refractivity contribution is -0.122. The number of benzene rings is 1. The van der Waals surface area contributed by atoms with Crippen molar-refractivity contribution in [1.29, 1.82) is 0 Å². The lowest BCUT2D eigenvalue weighted by Crippen LogP contribution is -2.51. The summed E-state index contributed by atoms with van der Waals surface area (Å²) in [6.45, 7) is 5.08. The number of hydrogen-bond acceptors (Lipinski definition) is 5. The Morgan fingerprint density at radius 1 is 1.17 bits per heavy atom. The number of rotatable bonds is 5. The monoisotopic (exact) mass is 353 g/mol. The normalized spacial score (nSPS) is 16.0.